The predicted molar refractivity (Wildman–Crippen MR) is 288 cm³/mol. The summed E-state index contributed by atoms with van der Waals surface area (Å²) in [5, 5.41) is 23.8. The fraction of sp³-hybridized carbons (Fsp3) is 0.667. The van der Waals surface area contributed by atoms with Crippen LogP contribution in [0.15, 0.2) is 60.7 Å². The largest absolute Gasteiger partial charge is 0.480 e. The Hall–Kier alpha value is -5.15. The molecular weight excluding hydrogens is 965 g/mol. The van der Waals surface area contributed by atoms with E-state index in [0.717, 1.165) is 61.4 Å². The van der Waals surface area contributed by atoms with Gasteiger partial charge in [-0.05, 0) is 91.0 Å². The normalized spacial score (nSPS) is 22.1. The molecule has 2 saturated carbocycles. The molecule has 73 heavy (non-hydrogen) atoms. The summed E-state index contributed by atoms with van der Waals surface area (Å²) in [7, 11) is -2.39. The highest BCUT2D eigenvalue weighted by atomic mass is 28.3. The van der Waals surface area contributed by atoms with Crippen molar-refractivity contribution in [2.24, 2.45) is 22.7 Å². The van der Waals surface area contributed by atoms with Crippen molar-refractivity contribution in [3.8, 4) is 0 Å². The lowest BCUT2D eigenvalue weighted by atomic mass is 9.85. The average molecular weight is 1050 g/mol. The second-order valence-corrected chi connectivity index (χ2v) is 35.7. The van der Waals surface area contributed by atoms with Crippen molar-refractivity contribution < 1.29 is 52.8 Å². The summed E-state index contributed by atoms with van der Waals surface area (Å²) >= 11 is 0. The van der Waals surface area contributed by atoms with E-state index in [1.165, 1.54) is 12.8 Å². The lowest BCUT2D eigenvalue weighted by Crippen LogP contribution is -2.58. The lowest BCUT2D eigenvalue weighted by molar-refractivity contribution is -0.142. The number of nitrogens with zero attached hydrogens (tertiary/aromatic N) is 1. The first-order valence-electron chi connectivity index (χ1n) is 26.2. The average Bonchev–Trinajstić information content (AvgIpc) is 4.11. The highest BCUT2D eigenvalue weighted by Gasteiger charge is 2.49. The molecular formula is C54H88N6O11Si2. The van der Waals surface area contributed by atoms with Crippen LogP contribution in [0.25, 0.3) is 0 Å². The maximum Gasteiger partial charge on any atom is 0.408 e. The molecule has 8 atom stereocenters. The van der Waals surface area contributed by atoms with Gasteiger partial charge in [0.1, 0.15) is 25.3 Å². The molecule has 17 nitrogen and oxygen atoms in total. The third kappa shape index (κ3) is 20.9. The molecule has 6 N–H and O–H groups in total. The zero-order chi connectivity index (χ0) is 54.1. The molecule has 0 bridgehead atoms. The van der Waals surface area contributed by atoms with Gasteiger partial charge in [0.2, 0.25) is 5.91 Å². The Morgan fingerprint density at radius 3 is 1.52 bits per heavy atom. The van der Waals surface area contributed by atoms with Crippen LogP contribution in [0.1, 0.15) is 91.2 Å². The monoisotopic (exact) mass is 1050 g/mol. The van der Waals surface area contributed by atoms with Gasteiger partial charge in [0.15, 0.2) is 0 Å². The number of rotatable bonds is 16. The molecule has 2 heterocycles. The number of amides is 5. The van der Waals surface area contributed by atoms with Crippen LogP contribution in [-0.4, -0.2) is 125 Å². The number of carboxylic acid groups (broad SMARTS) is 1. The van der Waals surface area contributed by atoms with Gasteiger partial charge in [0, 0.05) is 34.8 Å². The SMILES string of the molecule is CC(C)(C)[C@H](NC(=O)OCc1ccccc1)C(=O)N1CC[C@H]2CC[C@H](NC(=O)OCC[Si](C)(C)C)[C@H]21.CC(C)(C)[C@H](NC(=O)OCc1ccccc1)C(=O)O.C[Si](C)(C)CCOC(=O)N[C@H]1CC[C@@H]2CCN[C@@H]21. The molecule has 6 rings (SSSR count). The summed E-state index contributed by atoms with van der Waals surface area (Å²) in [6.45, 7) is 27.6. The van der Waals surface area contributed by atoms with Crippen molar-refractivity contribution in [2.45, 2.75) is 181 Å². The number of carboxylic acids is 1. The Morgan fingerprint density at radius 1 is 0.603 bits per heavy atom. The molecule has 0 spiro atoms. The minimum absolute atomic E-state index is 0.0889. The second-order valence-electron chi connectivity index (χ2n) is 24.5. The molecule has 0 aromatic heterocycles. The summed E-state index contributed by atoms with van der Waals surface area (Å²) in [4.78, 5) is 75.1. The Bertz CT molecular complexity index is 2090. The van der Waals surface area contributed by atoms with Crippen LogP contribution in [0, 0.1) is 22.7 Å². The van der Waals surface area contributed by atoms with E-state index in [1.807, 2.05) is 86.3 Å². The van der Waals surface area contributed by atoms with Crippen LogP contribution < -0.4 is 26.6 Å². The third-order valence-corrected chi connectivity index (χ3v) is 17.2. The number of nitrogens with one attached hydrogen (secondary N) is 5. The fourth-order valence-corrected chi connectivity index (χ4v) is 11.0. The van der Waals surface area contributed by atoms with E-state index in [1.54, 1.807) is 20.8 Å². The van der Waals surface area contributed by atoms with Crippen LogP contribution in [0.4, 0.5) is 19.2 Å². The molecule has 2 saturated heterocycles. The Kier molecular flexibility index (Phi) is 22.7. The molecule has 2 aliphatic heterocycles. The van der Waals surface area contributed by atoms with Gasteiger partial charge < -0.3 is 55.5 Å². The minimum atomic E-state index is -1.29. The van der Waals surface area contributed by atoms with Gasteiger partial charge in [-0.3, -0.25) is 4.79 Å². The van der Waals surface area contributed by atoms with Crippen LogP contribution in [0.5, 0.6) is 0 Å². The van der Waals surface area contributed by atoms with Crippen molar-refractivity contribution in [3.05, 3.63) is 71.8 Å². The number of ether oxygens (including phenoxy) is 4. The van der Waals surface area contributed by atoms with Crippen LogP contribution in [0.2, 0.25) is 51.4 Å². The zero-order valence-corrected chi connectivity index (χ0v) is 47.8. The molecule has 2 aromatic rings. The minimum Gasteiger partial charge on any atom is -0.480 e. The molecule has 4 fully saturated rings. The van der Waals surface area contributed by atoms with Crippen molar-refractivity contribution in [3.63, 3.8) is 0 Å². The summed E-state index contributed by atoms with van der Waals surface area (Å²) < 4.78 is 21.1. The number of carbonyl (C=O) groups excluding carboxylic acids is 5. The van der Waals surface area contributed by atoms with Crippen molar-refractivity contribution >= 4 is 52.4 Å². The second kappa shape index (κ2) is 27.4. The molecule has 19 heteroatoms. The van der Waals surface area contributed by atoms with Crippen molar-refractivity contribution in [1.29, 1.82) is 0 Å². The summed E-state index contributed by atoms with van der Waals surface area (Å²) in [5.74, 6) is -0.110. The van der Waals surface area contributed by atoms with Gasteiger partial charge >= 0.3 is 30.3 Å². The number of likely N-dealkylation sites (tertiary alicyclic amines) is 1. The van der Waals surface area contributed by atoms with Gasteiger partial charge in [0.25, 0.3) is 0 Å². The summed E-state index contributed by atoms with van der Waals surface area (Å²) in [6, 6.07) is 19.4. The number of fused-ring (bicyclic) bond motifs is 2. The van der Waals surface area contributed by atoms with Gasteiger partial charge in [-0.2, -0.15) is 0 Å². The first kappa shape index (κ1) is 60.4. The number of hydrogen-bond acceptors (Lipinski definition) is 11. The topological polar surface area (TPSA) is 223 Å². The first-order valence-corrected chi connectivity index (χ1v) is 33.6. The van der Waals surface area contributed by atoms with Gasteiger partial charge in [0.05, 0.1) is 25.3 Å². The van der Waals surface area contributed by atoms with Crippen LogP contribution in [0.3, 0.4) is 0 Å². The van der Waals surface area contributed by atoms with E-state index < -0.39 is 63.3 Å². The molecule has 4 aliphatic rings. The smallest absolute Gasteiger partial charge is 0.408 e. The number of carbonyl (C=O) groups is 6. The number of aliphatic carboxylic acids is 1. The van der Waals surface area contributed by atoms with Crippen molar-refractivity contribution in [2.75, 3.05) is 26.3 Å². The van der Waals surface area contributed by atoms with E-state index in [-0.39, 0.29) is 43.3 Å². The van der Waals surface area contributed by atoms with E-state index in [4.69, 9.17) is 24.1 Å². The van der Waals surface area contributed by atoms with E-state index in [2.05, 4.69) is 65.9 Å². The third-order valence-electron chi connectivity index (χ3n) is 13.8. The zero-order valence-electron chi connectivity index (χ0n) is 45.8. The van der Waals surface area contributed by atoms with Crippen LogP contribution >= 0.6 is 0 Å². The molecule has 0 radical (unpaired) electrons. The quantitative estimate of drug-likeness (QED) is 0.0684. The van der Waals surface area contributed by atoms with E-state index in [9.17, 15) is 28.8 Å². The highest BCUT2D eigenvalue weighted by Crippen LogP contribution is 2.39. The number of alkyl carbamates (subject to hydrolysis) is 4. The van der Waals surface area contributed by atoms with Crippen molar-refractivity contribution in [1.82, 2.24) is 31.5 Å². The van der Waals surface area contributed by atoms with E-state index >= 15 is 0 Å². The summed E-state index contributed by atoms with van der Waals surface area (Å²) in [5.41, 5.74) is 0.626. The lowest BCUT2D eigenvalue weighted by Gasteiger charge is -2.37. The predicted octanol–water partition coefficient (Wildman–Crippen LogP) is 9.37. The molecule has 5 amide bonds. The highest BCUT2D eigenvalue weighted by molar-refractivity contribution is 6.76. The van der Waals surface area contributed by atoms with Crippen LogP contribution in [-0.2, 0) is 41.8 Å². The van der Waals surface area contributed by atoms with Gasteiger partial charge in [-0.25, -0.2) is 24.0 Å². The molecule has 408 valence electrons. The summed E-state index contributed by atoms with van der Waals surface area (Å²) in [6.07, 6.45) is 4.27. The van der Waals surface area contributed by atoms with Gasteiger partial charge in [-0.1, -0.05) is 141 Å². The number of hydrogen-bond donors (Lipinski definition) is 6. The standard InChI is InChI=1S/C27H43N3O5Si.C14H19NO4.C13H26N2O2Si/c1-27(2,3)23(29-26(33)35-18-19-10-8-7-9-11-19)24(31)30-15-14-20-12-13-21(22(20)30)28-25(32)34-16-17-36(4,5)6;1-14(2,3)11(12(16)17)15-13(18)19-9-10-7-5-4-6-8-10;1-18(2,3)9-8-17-13(16)15-11-5-4-10-6-7-14-12(10)11/h7-11,20-23H,12-18H2,1-6H3,(H,28,32)(H,29,33);4-8,11H,9H2,1-3H3,(H,15,18)(H,16,17);10-12,14H,4-9H2,1-3H3,(H,15,16)/t20-,21+,22+,23-;11-;10-,11+,12+/m111/s1. The Morgan fingerprint density at radius 2 is 1.05 bits per heavy atom. The fourth-order valence-electron chi connectivity index (χ4n) is 9.54. The first-order chi connectivity index (χ1) is 34.1. The maximum atomic E-state index is 13.8. The molecule has 2 aromatic carbocycles. The number of benzene rings is 2. The maximum absolute atomic E-state index is 13.8. The Balaban J connectivity index is 0.000000262. The molecule has 2 aliphatic carbocycles. The van der Waals surface area contributed by atoms with E-state index in [0.29, 0.717) is 31.7 Å². The molecule has 0 unspecified atom stereocenters. The van der Waals surface area contributed by atoms with Gasteiger partial charge in [-0.15, -0.1) is 0 Å². The Labute approximate surface area is 436 Å².